The highest BCUT2D eigenvalue weighted by Gasteiger charge is 2.68. The molecule has 3 nitrogen and oxygen atoms in total. The van der Waals surface area contributed by atoms with Crippen molar-refractivity contribution < 1.29 is 9.18 Å². The van der Waals surface area contributed by atoms with E-state index in [4.69, 9.17) is 5.73 Å². The summed E-state index contributed by atoms with van der Waals surface area (Å²) in [5, 5.41) is 0. The summed E-state index contributed by atoms with van der Waals surface area (Å²) in [4.78, 5) is 14.5. The van der Waals surface area contributed by atoms with Gasteiger partial charge in [0.1, 0.15) is 5.82 Å². The first-order valence-electron chi connectivity index (χ1n) is 7.51. The van der Waals surface area contributed by atoms with Crippen LogP contribution in [0.5, 0.6) is 0 Å². The summed E-state index contributed by atoms with van der Waals surface area (Å²) in [6.07, 6.45) is 0.660. The van der Waals surface area contributed by atoms with Crippen LogP contribution in [0.1, 0.15) is 34.1 Å². The Kier molecular flexibility index (Phi) is 4.11. The van der Waals surface area contributed by atoms with E-state index < -0.39 is 0 Å². The topological polar surface area (TPSA) is 46.3 Å². The monoisotopic (exact) mass is 292 g/mol. The van der Waals surface area contributed by atoms with Gasteiger partial charge < -0.3 is 10.6 Å². The third kappa shape index (κ3) is 2.57. The maximum atomic E-state index is 14.1. The zero-order valence-corrected chi connectivity index (χ0v) is 13.3. The summed E-state index contributed by atoms with van der Waals surface area (Å²) in [6.45, 7) is 9.32. The number of nitrogens with zero attached hydrogens (tertiary/aromatic N) is 1. The van der Waals surface area contributed by atoms with E-state index >= 15 is 0 Å². The first-order chi connectivity index (χ1) is 9.75. The van der Waals surface area contributed by atoms with Gasteiger partial charge in [0.05, 0.1) is 5.69 Å². The zero-order chi connectivity index (χ0) is 15.8. The van der Waals surface area contributed by atoms with Crippen LogP contribution in [0.4, 0.5) is 10.1 Å². The molecular formula is C17H25FN2O. The van der Waals surface area contributed by atoms with Crippen molar-refractivity contribution >= 4 is 11.6 Å². The highest BCUT2D eigenvalue weighted by molar-refractivity contribution is 5.98. The fourth-order valence-electron chi connectivity index (χ4n) is 3.24. The van der Waals surface area contributed by atoms with Crippen molar-refractivity contribution in [2.45, 2.75) is 34.1 Å². The van der Waals surface area contributed by atoms with Crippen LogP contribution in [-0.2, 0) is 4.79 Å². The van der Waals surface area contributed by atoms with E-state index in [0.29, 0.717) is 25.2 Å². The molecule has 0 atom stereocenters. The minimum absolute atomic E-state index is 0.00329. The van der Waals surface area contributed by atoms with E-state index in [9.17, 15) is 9.18 Å². The molecule has 0 bridgehead atoms. The maximum absolute atomic E-state index is 14.1. The van der Waals surface area contributed by atoms with Gasteiger partial charge in [-0.3, -0.25) is 4.79 Å². The minimum Gasteiger partial charge on any atom is -0.330 e. The summed E-state index contributed by atoms with van der Waals surface area (Å²) in [6, 6.07) is 6.44. The SMILES string of the molecule is CC1(C)C(C(=O)N(CCCN)c2ccccc2F)C1(C)C. The predicted octanol–water partition coefficient (Wildman–Crippen LogP) is 3.19. The van der Waals surface area contributed by atoms with Crippen molar-refractivity contribution in [3.05, 3.63) is 30.1 Å². The highest BCUT2D eigenvalue weighted by Crippen LogP contribution is 2.68. The molecule has 0 spiro atoms. The van der Waals surface area contributed by atoms with Gasteiger partial charge in [-0.05, 0) is 35.9 Å². The molecule has 0 saturated heterocycles. The molecule has 1 aromatic carbocycles. The molecule has 0 aliphatic heterocycles. The average Bonchev–Trinajstić information content (AvgIpc) is 2.81. The second kappa shape index (κ2) is 5.41. The number of anilines is 1. The van der Waals surface area contributed by atoms with Crippen molar-refractivity contribution in [2.24, 2.45) is 22.5 Å². The minimum atomic E-state index is -0.362. The van der Waals surface area contributed by atoms with E-state index in [0.717, 1.165) is 0 Å². The van der Waals surface area contributed by atoms with Gasteiger partial charge in [-0.25, -0.2) is 4.39 Å². The second-order valence-corrected chi connectivity index (χ2v) is 6.96. The molecule has 2 rings (SSSR count). The molecular weight excluding hydrogens is 267 g/mol. The lowest BCUT2D eigenvalue weighted by Crippen LogP contribution is -2.36. The van der Waals surface area contributed by atoms with E-state index in [1.807, 2.05) is 0 Å². The van der Waals surface area contributed by atoms with Crippen molar-refractivity contribution in [1.29, 1.82) is 0 Å². The van der Waals surface area contributed by atoms with Gasteiger partial charge >= 0.3 is 0 Å². The Morgan fingerprint density at radius 3 is 2.29 bits per heavy atom. The number of para-hydroxylation sites is 1. The Morgan fingerprint density at radius 1 is 1.24 bits per heavy atom. The molecule has 2 N–H and O–H groups in total. The van der Waals surface area contributed by atoms with Gasteiger partial charge in [0.2, 0.25) is 5.91 Å². The van der Waals surface area contributed by atoms with Crippen LogP contribution in [0.2, 0.25) is 0 Å². The lowest BCUT2D eigenvalue weighted by atomic mass is 10.0. The first-order valence-corrected chi connectivity index (χ1v) is 7.51. The maximum Gasteiger partial charge on any atom is 0.231 e. The third-order valence-corrected chi connectivity index (χ3v) is 5.26. The first kappa shape index (κ1) is 16.0. The van der Waals surface area contributed by atoms with Crippen molar-refractivity contribution in [2.75, 3.05) is 18.0 Å². The number of hydrogen-bond donors (Lipinski definition) is 1. The summed E-state index contributed by atoms with van der Waals surface area (Å²) >= 11 is 0. The van der Waals surface area contributed by atoms with E-state index in [1.54, 1.807) is 23.1 Å². The Hall–Kier alpha value is -1.42. The van der Waals surface area contributed by atoms with Gasteiger partial charge in [0, 0.05) is 12.5 Å². The molecule has 0 heterocycles. The molecule has 1 aromatic rings. The average molecular weight is 292 g/mol. The smallest absolute Gasteiger partial charge is 0.231 e. The Balaban J connectivity index is 2.30. The summed E-state index contributed by atoms with van der Waals surface area (Å²) in [7, 11) is 0. The van der Waals surface area contributed by atoms with Gasteiger partial charge in [-0.15, -0.1) is 0 Å². The van der Waals surface area contributed by atoms with E-state index in [2.05, 4.69) is 27.7 Å². The number of hydrogen-bond acceptors (Lipinski definition) is 2. The van der Waals surface area contributed by atoms with E-state index in [-0.39, 0.29) is 28.5 Å². The molecule has 0 unspecified atom stereocenters. The number of nitrogens with two attached hydrogens (primary N) is 1. The van der Waals surface area contributed by atoms with Gasteiger partial charge in [-0.2, -0.15) is 0 Å². The molecule has 0 radical (unpaired) electrons. The fourth-order valence-corrected chi connectivity index (χ4v) is 3.24. The van der Waals surface area contributed by atoms with Crippen LogP contribution in [0.3, 0.4) is 0 Å². The van der Waals surface area contributed by atoms with Crippen LogP contribution in [0.15, 0.2) is 24.3 Å². The molecule has 1 aliphatic carbocycles. The van der Waals surface area contributed by atoms with Crippen LogP contribution in [-0.4, -0.2) is 19.0 Å². The molecule has 1 amide bonds. The second-order valence-electron chi connectivity index (χ2n) is 6.96. The summed E-state index contributed by atoms with van der Waals surface area (Å²) in [5.74, 6) is -0.440. The Morgan fingerprint density at radius 2 is 1.81 bits per heavy atom. The highest BCUT2D eigenvalue weighted by atomic mass is 19.1. The van der Waals surface area contributed by atoms with Crippen LogP contribution in [0.25, 0.3) is 0 Å². The zero-order valence-electron chi connectivity index (χ0n) is 13.3. The van der Waals surface area contributed by atoms with Gasteiger partial charge in [0.25, 0.3) is 0 Å². The molecule has 1 fully saturated rings. The number of benzene rings is 1. The van der Waals surface area contributed by atoms with Gasteiger partial charge in [0.15, 0.2) is 0 Å². The Bertz CT molecular complexity index is 525. The number of carbonyl (C=O) groups is 1. The van der Waals surface area contributed by atoms with Crippen molar-refractivity contribution in [1.82, 2.24) is 0 Å². The molecule has 1 aliphatic rings. The molecule has 21 heavy (non-hydrogen) atoms. The molecule has 1 saturated carbocycles. The normalized spacial score (nSPS) is 19.3. The third-order valence-electron chi connectivity index (χ3n) is 5.26. The lowest BCUT2D eigenvalue weighted by molar-refractivity contribution is -0.121. The van der Waals surface area contributed by atoms with Crippen molar-refractivity contribution in [3.63, 3.8) is 0 Å². The lowest BCUT2D eigenvalue weighted by Gasteiger charge is -2.24. The predicted molar refractivity (Wildman–Crippen MR) is 83.5 cm³/mol. The molecule has 0 aromatic heterocycles. The van der Waals surface area contributed by atoms with Crippen LogP contribution in [0, 0.1) is 22.6 Å². The Labute approximate surface area is 126 Å². The summed E-state index contributed by atoms with van der Waals surface area (Å²) < 4.78 is 14.1. The fraction of sp³-hybridized carbons (Fsp3) is 0.588. The van der Waals surface area contributed by atoms with Crippen LogP contribution < -0.4 is 10.6 Å². The van der Waals surface area contributed by atoms with Crippen LogP contribution >= 0.6 is 0 Å². The van der Waals surface area contributed by atoms with Crippen molar-refractivity contribution in [3.8, 4) is 0 Å². The molecule has 4 heteroatoms. The largest absolute Gasteiger partial charge is 0.330 e. The summed E-state index contributed by atoms with van der Waals surface area (Å²) in [5.41, 5.74) is 5.80. The number of amides is 1. The standard InChI is InChI=1S/C17H25FN2O/c1-16(2)14(17(16,3)4)15(21)20(11-7-10-19)13-9-6-5-8-12(13)18/h5-6,8-9,14H,7,10-11,19H2,1-4H3. The number of halogens is 1. The van der Waals surface area contributed by atoms with E-state index in [1.165, 1.54) is 6.07 Å². The van der Waals surface area contributed by atoms with Gasteiger partial charge in [-0.1, -0.05) is 39.8 Å². The number of carbonyl (C=O) groups excluding carboxylic acids is 1. The molecule has 116 valence electrons. The quantitative estimate of drug-likeness (QED) is 0.906. The number of rotatable bonds is 5.